The molecule has 2 aromatic rings. The van der Waals surface area contributed by atoms with E-state index in [1.807, 2.05) is 19.1 Å². The number of aliphatic hydroxyl groups excluding tert-OH is 1. The van der Waals surface area contributed by atoms with Gasteiger partial charge in [-0.25, -0.2) is 4.98 Å². The Bertz CT molecular complexity index is 497. The molecule has 4 heteroatoms. The van der Waals surface area contributed by atoms with Crippen LogP contribution in [0.15, 0.2) is 29.6 Å². The molecule has 96 valence electrons. The van der Waals surface area contributed by atoms with E-state index in [4.69, 9.17) is 0 Å². The van der Waals surface area contributed by atoms with Gasteiger partial charge in [0, 0.05) is 17.1 Å². The smallest absolute Gasteiger partial charge is 0.129 e. The molecule has 0 saturated heterocycles. The lowest BCUT2D eigenvalue weighted by atomic mass is 10.2. The van der Waals surface area contributed by atoms with Gasteiger partial charge in [0.2, 0.25) is 0 Å². The van der Waals surface area contributed by atoms with Crippen molar-refractivity contribution in [2.24, 2.45) is 0 Å². The SMILES string of the molecule is CCN(Cc1cccs1)c1cc(CO)cc(C)n1. The van der Waals surface area contributed by atoms with Gasteiger partial charge < -0.3 is 10.0 Å². The summed E-state index contributed by atoms with van der Waals surface area (Å²) in [6, 6.07) is 8.08. The summed E-state index contributed by atoms with van der Waals surface area (Å²) < 4.78 is 0. The number of pyridine rings is 1. The van der Waals surface area contributed by atoms with Gasteiger partial charge in [0.05, 0.1) is 13.2 Å². The third-order valence-electron chi connectivity index (χ3n) is 2.81. The maximum absolute atomic E-state index is 9.25. The van der Waals surface area contributed by atoms with Gasteiger partial charge in [0.25, 0.3) is 0 Å². The highest BCUT2D eigenvalue weighted by atomic mass is 32.1. The van der Waals surface area contributed by atoms with Crippen LogP contribution in [0.4, 0.5) is 5.82 Å². The fourth-order valence-electron chi connectivity index (χ4n) is 1.92. The summed E-state index contributed by atoms with van der Waals surface area (Å²) in [7, 11) is 0. The third kappa shape index (κ3) is 3.09. The van der Waals surface area contributed by atoms with Crippen molar-refractivity contribution in [1.82, 2.24) is 4.98 Å². The predicted molar refractivity (Wildman–Crippen MR) is 75.9 cm³/mol. The first-order chi connectivity index (χ1) is 8.72. The zero-order valence-corrected chi connectivity index (χ0v) is 11.6. The fourth-order valence-corrected chi connectivity index (χ4v) is 2.64. The zero-order chi connectivity index (χ0) is 13.0. The van der Waals surface area contributed by atoms with Crippen molar-refractivity contribution < 1.29 is 5.11 Å². The molecule has 0 fully saturated rings. The number of hydrogen-bond acceptors (Lipinski definition) is 4. The first-order valence-corrected chi connectivity index (χ1v) is 6.96. The molecule has 3 nitrogen and oxygen atoms in total. The molecule has 0 atom stereocenters. The van der Waals surface area contributed by atoms with Gasteiger partial charge in [-0.1, -0.05) is 6.07 Å². The number of hydrogen-bond donors (Lipinski definition) is 1. The lowest BCUT2D eigenvalue weighted by Gasteiger charge is -2.22. The number of rotatable bonds is 5. The fraction of sp³-hybridized carbons (Fsp3) is 0.357. The Morgan fingerprint density at radius 2 is 2.22 bits per heavy atom. The van der Waals surface area contributed by atoms with E-state index in [0.29, 0.717) is 0 Å². The van der Waals surface area contributed by atoms with E-state index in [1.165, 1.54) is 4.88 Å². The van der Waals surface area contributed by atoms with Crippen LogP contribution in [0.1, 0.15) is 23.1 Å². The first-order valence-electron chi connectivity index (χ1n) is 6.08. The van der Waals surface area contributed by atoms with Gasteiger partial charge in [-0.2, -0.15) is 0 Å². The molecule has 0 aliphatic heterocycles. The third-order valence-corrected chi connectivity index (χ3v) is 3.68. The lowest BCUT2D eigenvalue weighted by Crippen LogP contribution is -2.23. The van der Waals surface area contributed by atoms with Crippen molar-refractivity contribution in [1.29, 1.82) is 0 Å². The Hall–Kier alpha value is -1.39. The topological polar surface area (TPSA) is 36.4 Å². The van der Waals surface area contributed by atoms with Gasteiger partial charge in [0.1, 0.15) is 5.82 Å². The first kappa shape index (κ1) is 13.1. The van der Waals surface area contributed by atoms with Crippen LogP contribution in [-0.2, 0) is 13.2 Å². The van der Waals surface area contributed by atoms with E-state index >= 15 is 0 Å². The maximum atomic E-state index is 9.25. The highest BCUT2D eigenvalue weighted by molar-refractivity contribution is 7.09. The molecule has 1 N–H and O–H groups in total. The number of aryl methyl sites for hydroxylation is 1. The van der Waals surface area contributed by atoms with Crippen molar-refractivity contribution in [3.63, 3.8) is 0 Å². The summed E-state index contributed by atoms with van der Waals surface area (Å²) in [5.41, 5.74) is 1.86. The van der Waals surface area contributed by atoms with Crippen molar-refractivity contribution in [2.75, 3.05) is 11.4 Å². The summed E-state index contributed by atoms with van der Waals surface area (Å²) in [6.45, 7) is 5.92. The molecular formula is C14H18N2OS. The molecule has 0 spiro atoms. The summed E-state index contributed by atoms with van der Waals surface area (Å²) >= 11 is 1.76. The van der Waals surface area contributed by atoms with E-state index in [9.17, 15) is 5.11 Å². The normalized spacial score (nSPS) is 10.6. The Kier molecular flexibility index (Phi) is 4.33. The summed E-state index contributed by atoms with van der Waals surface area (Å²) in [4.78, 5) is 8.10. The van der Waals surface area contributed by atoms with Crippen LogP contribution in [0.25, 0.3) is 0 Å². The monoisotopic (exact) mass is 262 g/mol. The average Bonchev–Trinajstić information content (AvgIpc) is 2.88. The van der Waals surface area contributed by atoms with Gasteiger partial charge in [-0.05, 0) is 43.0 Å². The van der Waals surface area contributed by atoms with E-state index in [0.717, 1.165) is 30.2 Å². The molecule has 18 heavy (non-hydrogen) atoms. The second-order valence-electron chi connectivity index (χ2n) is 4.23. The number of aromatic nitrogens is 1. The van der Waals surface area contributed by atoms with Crippen LogP contribution in [-0.4, -0.2) is 16.6 Å². The molecule has 0 aliphatic carbocycles. The summed E-state index contributed by atoms with van der Waals surface area (Å²) in [5, 5.41) is 11.3. The van der Waals surface area contributed by atoms with Crippen LogP contribution in [0.5, 0.6) is 0 Å². The molecule has 0 saturated carbocycles. The van der Waals surface area contributed by atoms with Crippen LogP contribution in [0.3, 0.4) is 0 Å². The Balaban J connectivity index is 2.24. The summed E-state index contributed by atoms with van der Waals surface area (Å²) in [5.74, 6) is 0.940. The molecule has 0 radical (unpaired) electrons. The van der Waals surface area contributed by atoms with Crippen LogP contribution in [0.2, 0.25) is 0 Å². The second kappa shape index (κ2) is 5.98. The number of nitrogens with zero attached hydrogens (tertiary/aromatic N) is 2. The molecule has 2 aromatic heterocycles. The standard InChI is InChI=1S/C14H18N2OS/c1-3-16(9-13-5-4-6-18-13)14-8-12(10-17)7-11(2)15-14/h4-8,17H,3,9-10H2,1-2H3. The van der Waals surface area contributed by atoms with Gasteiger partial charge in [0.15, 0.2) is 0 Å². The maximum Gasteiger partial charge on any atom is 0.129 e. The van der Waals surface area contributed by atoms with Gasteiger partial charge in [-0.15, -0.1) is 11.3 Å². The lowest BCUT2D eigenvalue weighted by molar-refractivity contribution is 0.281. The molecule has 0 aliphatic rings. The minimum Gasteiger partial charge on any atom is -0.392 e. The molecule has 2 rings (SSSR count). The van der Waals surface area contributed by atoms with E-state index in [2.05, 4.69) is 34.3 Å². The van der Waals surface area contributed by atoms with E-state index in [1.54, 1.807) is 11.3 Å². The summed E-state index contributed by atoms with van der Waals surface area (Å²) in [6.07, 6.45) is 0. The Labute approximate surface area is 112 Å². The van der Waals surface area contributed by atoms with Crippen molar-refractivity contribution in [3.05, 3.63) is 45.8 Å². The Morgan fingerprint density at radius 1 is 1.39 bits per heavy atom. The molecule has 0 bridgehead atoms. The van der Waals surface area contributed by atoms with Crippen LogP contribution in [0, 0.1) is 6.92 Å². The van der Waals surface area contributed by atoms with Crippen molar-refractivity contribution >= 4 is 17.2 Å². The molecular weight excluding hydrogens is 244 g/mol. The highest BCUT2D eigenvalue weighted by Gasteiger charge is 2.09. The van der Waals surface area contributed by atoms with E-state index in [-0.39, 0.29) is 6.61 Å². The largest absolute Gasteiger partial charge is 0.392 e. The molecule has 0 amide bonds. The molecule has 0 aromatic carbocycles. The van der Waals surface area contributed by atoms with Gasteiger partial charge in [-0.3, -0.25) is 0 Å². The molecule has 0 unspecified atom stereocenters. The van der Waals surface area contributed by atoms with Gasteiger partial charge >= 0.3 is 0 Å². The molecule has 2 heterocycles. The average molecular weight is 262 g/mol. The number of anilines is 1. The highest BCUT2D eigenvalue weighted by Crippen LogP contribution is 2.19. The van der Waals surface area contributed by atoms with Crippen molar-refractivity contribution in [2.45, 2.75) is 27.0 Å². The zero-order valence-electron chi connectivity index (χ0n) is 10.8. The van der Waals surface area contributed by atoms with Crippen LogP contribution >= 0.6 is 11.3 Å². The second-order valence-corrected chi connectivity index (χ2v) is 5.26. The minimum absolute atomic E-state index is 0.0624. The minimum atomic E-state index is 0.0624. The number of thiophene rings is 1. The van der Waals surface area contributed by atoms with Crippen LogP contribution < -0.4 is 4.90 Å². The van der Waals surface area contributed by atoms with Crippen molar-refractivity contribution in [3.8, 4) is 0 Å². The van der Waals surface area contributed by atoms with E-state index < -0.39 is 0 Å². The Morgan fingerprint density at radius 3 is 2.83 bits per heavy atom. The quantitative estimate of drug-likeness (QED) is 0.900. The predicted octanol–water partition coefficient (Wildman–Crippen LogP) is 2.97. The number of aliphatic hydroxyl groups is 1.